The quantitative estimate of drug-likeness (QED) is 0.601. The molecular formula is C14H18F3NO4. The van der Waals surface area contributed by atoms with E-state index in [0.717, 1.165) is 6.07 Å². The summed E-state index contributed by atoms with van der Waals surface area (Å²) in [7, 11) is 0. The molecule has 0 spiro atoms. The van der Waals surface area contributed by atoms with Gasteiger partial charge in [-0.2, -0.15) is 13.2 Å². The SMILES string of the molecule is CCC(CC)c1cc(COCC(F)(F)F)c([N+](=O)[O-])cc1O. The predicted octanol–water partition coefficient (Wildman–Crippen LogP) is 4.28. The van der Waals surface area contributed by atoms with Gasteiger partial charge >= 0.3 is 6.18 Å². The summed E-state index contributed by atoms with van der Waals surface area (Å²) in [4.78, 5) is 10.2. The van der Waals surface area contributed by atoms with E-state index in [2.05, 4.69) is 4.74 Å². The van der Waals surface area contributed by atoms with Crippen LogP contribution in [0.2, 0.25) is 0 Å². The van der Waals surface area contributed by atoms with Crippen molar-refractivity contribution >= 4 is 5.69 Å². The molecular weight excluding hydrogens is 303 g/mol. The van der Waals surface area contributed by atoms with Gasteiger partial charge in [0.25, 0.3) is 5.69 Å². The van der Waals surface area contributed by atoms with Crippen LogP contribution in [0.15, 0.2) is 12.1 Å². The molecule has 22 heavy (non-hydrogen) atoms. The average molecular weight is 321 g/mol. The Morgan fingerprint density at radius 3 is 2.36 bits per heavy atom. The maximum atomic E-state index is 12.1. The van der Waals surface area contributed by atoms with E-state index in [1.54, 1.807) is 0 Å². The molecule has 0 amide bonds. The molecule has 0 unspecified atom stereocenters. The van der Waals surface area contributed by atoms with Crippen molar-refractivity contribution in [2.75, 3.05) is 6.61 Å². The zero-order valence-corrected chi connectivity index (χ0v) is 12.3. The Bertz CT molecular complexity index is 528. The number of aromatic hydroxyl groups is 1. The Morgan fingerprint density at radius 2 is 1.91 bits per heavy atom. The lowest BCUT2D eigenvalue weighted by Gasteiger charge is -2.16. The molecule has 5 nitrogen and oxygen atoms in total. The maximum Gasteiger partial charge on any atom is 0.411 e. The number of hydrogen-bond donors (Lipinski definition) is 1. The Balaban J connectivity index is 3.10. The molecule has 0 aliphatic rings. The first-order valence-electron chi connectivity index (χ1n) is 6.84. The van der Waals surface area contributed by atoms with Crippen LogP contribution in [-0.2, 0) is 11.3 Å². The van der Waals surface area contributed by atoms with Gasteiger partial charge in [-0.1, -0.05) is 13.8 Å². The van der Waals surface area contributed by atoms with E-state index < -0.39 is 30.0 Å². The second kappa shape index (κ2) is 7.44. The van der Waals surface area contributed by atoms with Crippen LogP contribution >= 0.6 is 0 Å². The molecule has 0 fully saturated rings. The van der Waals surface area contributed by atoms with Crippen LogP contribution < -0.4 is 0 Å². The third-order valence-electron chi connectivity index (χ3n) is 3.37. The van der Waals surface area contributed by atoms with E-state index in [1.807, 2.05) is 13.8 Å². The number of nitro groups is 1. The third-order valence-corrected chi connectivity index (χ3v) is 3.37. The number of hydrogen-bond acceptors (Lipinski definition) is 4. The van der Waals surface area contributed by atoms with Gasteiger partial charge in [0, 0.05) is 0 Å². The van der Waals surface area contributed by atoms with E-state index in [9.17, 15) is 28.4 Å². The van der Waals surface area contributed by atoms with Crippen LogP contribution in [0.4, 0.5) is 18.9 Å². The summed E-state index contributed by atoms with van der Waals surface area (Å²) in [6.45, 7) is 1.78. The van der Waals surface area contributed by atoms with Crippen molar-refractivity contribution in [1.29, 1.82) is 0 Å². The molecule has 1 N–H and O–H groups in total. The number of benzene rings is 1. The van der Waals surface area contributed by atoms with Crippen LogP contribution in [0.3, 0.4) is 0 Å². The van der Waals surface area contributed by atoms with Gasteiger partial charge in [0.15, 0.2) is 0 Å². The molecule has 1 aromatic carbocycles. The summed E-state index contributed by atoms with van der Waals surface area (Å²) in [6, 6.07) is 2.33. The first kappa shape index (κ1) is 18.2. The number of rotatable bonds is 7. The molecule has 0 aromatic heterocycles. The van der Waals surface area contributed by atoms with Gasteiger partial charge in [-0.3, -0.25) is 10.1 Å². The molecule has 0 bridgehead atoms. The molecule has 0 heterocycles. The fourth-order valence-electron chi connectivity index (χ4n) is 2.26. The summed E-state index contributed by atoms with van der Waals surface area (Å²) in [5.41, 5.74) is 0.0598. The van der Waals surface area contributed by atoms with Gasteiger partial charge in [0.05, 0.1) is 23.2 Å². The summed E-state index contributed by atoms with van der Waals surface area (Å²) in [5, 5.41) is 20.9. The smallest absolute Gasteiger partial charge is 0.411 e. The highest BCUT2D eigenvalue weighted by Crippen LogP contribution is 2.36. The lowest BCUT2D eigenvalue weighted by atomic mass is 9.91. The molecule has 0 saturated carbocycles. The first-order chi connectivity index (χ1) is 10.2. The number of halogens is 3. The Labute approximate surface area is 125 Å². The Hall–Kier alpha value is -1.83. The molecule has 0 aliphatic carbocycles. The standard InChI is InChI=1S/C14H18F3NO4/c1-3-9(4-2)11-5-10(7-22-8-14(15,16)17)12(18(20)21)6-13(11)19/h5-6,9,19H,3-4,7-8H2,1-2H3. The zero-order valence-electron chi connectivity index (χ0n) is 12.3. The Kier molecular flexibility index (Phi) is 6.16. The summed E-state index contributed by atoms with van der Waals surface area (Å²) >= 11 is 0. The normalized spacial score (nSPS) is 11.9. The van der Waals surface area contributed by atoms with Crippen molar-refractivity contribution in [3.8, 4) is 5.75 Å². The second-order valence-electron chi connectivity index (χ2n) is 4.92. The highest BCUT2D eigenvalue weighted by atomic mass is 19.4. The molecule has 0 saturated heterocycles. The van der Waals surface area contributed by atoms with E-state index >= 15 is 0 Å². The molecule has 0 atom stereocenters. The minimum atomic E-state index is -4.50. The van der Waals surface area contributed by atoms with Crippen molar-refractivity contribution in [2.24, 2.45) is 0 Å². The van der Waals surface area contributed by atoms with Crippen molar-refractivity contribution in [2.45, 2.75) is 45.4 Å². The molecule has 0 aliphatic heterocycles. The lowest BCUT2D eigenvalue weighted by Crippen LogP contribution is -2.17. The molecule has 1 rings (SSSR count). The van der Waals surface area contributed by atoms with Gasteiger partial charge < -0.3 is 9.84 Å². The zero-order chi connectivity index (χ0) is 16.9. The van der Waals surface area contributed by atoms with Crippen LogP contribution in [0.25, 0.3) is 0 Å². The average Bonchev–Trinajstić information content (AvgIpc) is 2.41. The summed E-state index contributed by atoms with van der Waals surface area (Å²) in [6.07, 6.45) is -3.10. The van der Waals surface area contributed by atoms with E-state index in [0.29, 0.717) is 18.4 Å². The molecule has 1 aromatic rings. The van der Waals surface area contributed by atoms with Crippen LogP contribution in [-0.4, -0.2) is 22.8 Å². The second-order valence-corrected chi connectivity index (χ2v) is 4.92. The fourth-order valence-corrected chi connectivity index (χ4v) is 2.26. The van der Waals surface area contributed by atoms with E-state index in [4.69, 9.17) is 0 Å². The van der Waals surface area contributed by atoms with E-state index in [-0.39, 0.29) is 17.2 Å². The minimum Gasteiger partial charge on any atom is -0.507 e. The molecule has 0 radical (unpaired) electrons. The molecule has 8 heteroatoms. The lowest BCUT2D eigenvalue weighted by molar-refractivity contribution is -0.386. The minimum absolute atomic E-state index is 0.0222. The topological polar surface area (TPSA) is 72.6 Å². The maximum absolute atomic E-state index is 12.1. The largest absolute Gasteiger partial charge is 0.507 e. The Morgan fingerprint density at radius 1 is 1.32 bits per heavy atom. The number of nitro benzene ring substituents is 1. The number of phenolic OH excluding ortho intramolecular Hbond substituents is 1. The number of alkyl halides is 3. The van der Waals surface area contributed by atoms with Crippen molar-refractivity contribution in [3.63, 3.8) is 0 Å². The monoisotopic (exact) mass is 321 g/mol. The van der Waals surface area contributed by atoms with Crippen LogP contribution in [0.5, 0.6) is 5.75 Å². The van der Waals surface area contributed by atoms with Gasteiger partial charge in [-0.25, -0.2) is 0 Å². The van der Waals surface area contributed by atoms with Crippen LogP contribution in [0.1, 0.15) is 43.7 Å². The fraction of sp³-hybridized carbons (Fsp3) is 0.571. The third kappa shape index (κ3) is 4.87. The van der Waals surface area contributed by atoms with Gasteiger partial charge in [-0.15, -0.1) is 0 Å². The number of phenols is 1. The first-order valence-corrected chi connectivity index (χ1v) is 6.84. The molecule has 124 valence electrons. The summed E-state index contributed by atoms with van der Waals surface area (Å²) in [5.74, 6) is -0.248. The number of nitrogens with zero attached hydrogens (tertiary/aromatic N) is 1. The van der Waals surface area contributed by atoms with Crippen LogP contribution in [0, 0.1) is 10.1 Å². The highest BCUT2D eigenvalue weighted by molar-refractivity contribution is 5.51. The highest BCUT2D eigenvalue weighted by Gasteiger charge is 2.28. The van der Waals surface area contributed by atoms with Crippen molar-refractivity contribution < 1.29 is 27.9 Å². The predicted molar refractivity (Wildman–Crippen MR) is 73.8 cm³/mol. The van der Waals surface area contributed by atoms with Crippen molar-refractivity contribution in [3.05, 3.63) is 33.4 Å². The van der Waals surface area contributed by atoms with Crippen molar-refractivity contribution in [1.82, 2.24) is 0 Å². The van der Waals surface area contributed by atoms with E-state index in [1.165, 1.54) is 6.07 Å². The van der Waals surface area contributed by atoms with Gasteiger partial charge in [-0.05, 0) is 30.4 Å². The number of ether oxygens (including phenoxy) is 1. The van der Waals surface area contributed by atoms with Gasteiger partial charge in [0.2, 0.25) is 0 Å². The summed E-state index contributed by atoms with van der Waals surface area (Å²) < 4.78 is 40.8. The van der Waals surface area contributed by atoms with Gasteiger partial charge in [0.1, 0.15) is 12.4 Å².